The summed E-state index contributed by atoms with van der Waals surface area (Å²) in [5.41, 5.74) is 0.742. The lowest BCUT2D eigenvalue weighted by Crippen LogP contribution is -3.06. The molecular weight excluding hydrogens is 372 g/mol. The Kier molecular flexibility index (Phi) is 6.39. The van der Waals surface area contributed by atoms with Crippen LogP contribution in [0.25, 0.3) is 0 Å². The van der Waals surface area contributed by atoms with E-state index < -0.39 is 23.5 Å². The first-order chi connectivity index (χ1) is 13.9. The molecule has 2 aromatic rings. The topological polar surface area (TPSA) is 84.4 Å². The molecule has 7 heteroatoms. The van der Waals surface area contributed by atoms with E-state index in [2.05, 4.69) is 0 Å². The van der Waals surface area contributed by atoms with Gasteiger partial charge in [0.15, 0.2) is 11.5 Å². The van der Waals surface area contributed by atoms with Crippen molar-refractivity contribution >= 4 is 11.7 Å². The van der Waals surface area contributed by atoms with Gasteiger partial charge in [-0.2, -0.15) is 0 Å². The number of ketones is 1. The van der Waals surface area contributed by atoms with Crippen molar-refractivity contribution in [3.05, 3.63) is 65.3 Å². The van der Waals surface area contributed by atoms with Crippen molar-refractivity contribution in [1.82, 2.24) is 4.90 Å². The summed E-state index contributed by atoms with van der Waals surface area (Å²) in [6, 6.07) is 9.73. The number of carbonyl (C=O) groups excluding carboxylic acids is 2. The fourth-order valence-electron chi connectivity index (χ4n) is 3.34. The lowest BCUT2D eigenvalue weighted by Gasteiger charge is -2.27. The van der Waals surface area contributed by atoms with Crippen LogP contribution in [-0.2, 0) is 4.79 Å². The molecule has 3 rings (SSSR count). The minimum absolute atomic E-state index is 0.0337. The number of furan rings is 1. The highest BCUT2D eigenvalue weighted by Gasteiger charge is 2.44. The number of aliphatic hydroxyl groups excluding tert-OH is 1. The zero-order chi connectivity index (χ0) is 21.0. The van der Waals surface area contributed by atoms with E-state index in [0.29, 0.717) is 31.0 Å². The number of likely N-dealkylation sites (N-methyl/N-ethyl adjacent to an activating group) is 1. The Bertz CT molecular complexity index is 902. The standard InChI is InChI=1S/C22H26N2O5/c1-4-12-28-16-8-5-7-15(14-16)19-18(20(25)17-9-6-13-29-17)21(26)22(27)24(19)11-10-23(2)3/h5-9,13-14,19,26H,4,10-12H2,1-3H3/p+1/t19-/m0/s1. The predicted octanol–water partition coefficient (Wildman–Crippen LogP) is 1.79. The molecule has 1 atom stereocenters. The van der Waals surface area contributed by atoms with Gasteiger partial charge in [-0.1, -0.05) is 19.1 Å². The summed E-state index contributed by atoms with van der Waals surface area (Å²) in [6.07, 6.45) is 2.26. The van der Waals surface area contributed by atoms with Crippen molar-refractivity contribution in [1.29, 1.82) is 0 Å². The molecule has 0 aliphatic carbocycles. The summed E-state index contributed by atoms with van der Waals surface area (Å²) >= 11 is 0. The molecule has 0 fully saturated rings. The maximum atomic E-state index is 13.1. The van der Waals surface area contributed by atoms with E-state index in [0.717, 1.165) is 11.3 Å². The number of nitrogens with zero attached hydrogens (tertiary/aromatic N) is 1. The average Bonchev–Trinajstić information content (AvgIpc) is 3.32. The molecule has 1 amide bonds. The van der Waals surface area contributed by atoms with Crippen LogP contribution in [0.4, 0.5) is 0 Å². The van der Waals surface area contributed by atoms with E-state index in [1.807, 2.05) is 45.3 Å². The van der Waals surface area contributed by atoms with Crippen LogP contribution in [0, 0.1) is 0 Å². The lowest BCUT2D eigenvalue weighted by molar-refractivity contribution is -0.857. The number of quaternary nitrogens is 1. The van der Waals surface area contributed by atoms with E-state index in [9.17, 15) is 14.7 Å². The fourth-order valence-corrected chi connectivity index (χ4v) is 3.34. The van der Waals surface area contributed by atoms with Gasteiger partial charge < -0.3 is 24.1 Å². The molecule has 1 aliphatic rings. The number of hydrogen-bond acceptors (Lipinski definition) is 5. The quantitative estimate of drug-likeness (QED) is 0.628. The maximum Gasteiger partial charge on any atom is 0.290 e. The van der Waals surface area contributed by atoms with Crippen LogP contribution in [-0.4, -0.2) is 55.5 Å². The van der Waals surface area contributed by atoms with Gasteiger partial charge in [0.1, 0.15) is 5.75 Å². The second kappa shape index (κ2) is 8.96. The first-order valence-electron chi connectivity index (χ1n) is 9.78. The molecule has 2 N–H and O–H groups in total. The molecule has 1 aromatic carbocycles. The molecule has 0 spiro atoms. The molecule has 0 saturated carbocycles. The Morgan fingerprint density at radius 2 is 2.07 bits per heavy atom. The third-order valence-electron chi connectivity index (χ3n) is 4.79. The number of amides is 1. The highest BCUT2D eigenvalue weighted by Crippen LogP contribution is 2.39. The Morgan fingerprint density at radius 1 is 1.28 bits per heavy atom. The van der Waals surface area contributed by atoms with Crippen molar-refractivity contribution in [3.63, 3.8) is 0 Å². The average molecular weight is 399 g/mol. The molecule has 1 aromatic heterocycles. The SMILES string of the molecule is CCCOc1cccc([C@H]2C(C(=O)c3ccco3)=C(O)C(=O)N2CC[NH+](C)C)c1. The second-order valence-corrected chi connectivity index (χ2v) is 7.35. The normalized spacial score (nSPS) is 16.8. The number of rotatable bonds is 9. The van der Waals surface area contributed by atoms with Gasteiger partial charge in [0.2, 0.25) is 5.78 Å². The van der Waals surface area contributed by atoms with E-state index in [1.165, 1.54) is 17.2 Å². The van der Waals surface area contributed by atoms with Gasteiger partial charge in [-0.3, -0.25) is 9.59 Å². The molecule has 0 radical (unpaired) electrons. The van der Waals surface area contributed by atoms with Gasteiger partial charge in [-0.25, -0.2) is 0 Å². The van der Waals surface area contributed by atoms with Crippen LogP contribution < -0.4 is 9.64 Å². The zero-order valence-corrected chi connectivity index (χ0v) is 17.0. The smallest absolute Gasteiger partial charge is 0.290 e. The van der Waals surface area contributed by atoms with Crippen LogP contribution >= 0.6 is 0 Å². The molecule has 1 aliphatic heterocycles. The van der Waals surface area contributed by atoms with Crippen molar-refractivity contribution in [3.8, 4) is 5.75 Å². The van der Waals surface area contributed by atoms with Crippen LogP contribution in [0.2, 0.25) is 0 Å². The van der Waals surface area contributed by atoms with E-state index >= 15 is 0 Å². The largest absolute Gasteiger partial charge is 0.503 e. The zero-order valence-electron chi connectivity index (χ0n) is 17.0. The molecule has 29 heavy (non-hydrogen) atoms. The molecule has 0 unspecified atom stereocenters. The summed E-state index contributed by atoms with van der Waals surface area (Å²) in [5, 5.41) is 10.6. The number of aliphatic hydroxyl groups is 1. The molecule has 2 heterocycles. The van der Waals surface area contributed by atoms with E-state index in [-0.39, 0.29) is 11.3 Å². The first kappa shape index (κ1) is 20.7. The van der Waals surface area contributed by atoms with Crippen molar-refractivity contribution < 1.29 is 28.7 Å². The number of ether oxygens (including phenoxy) is 1. The van der Waals surface area contributed by atoms with Gasteiger partial charge in [0, 0.05) is 0 Å². The van der Waals surface area contributed by atoms with Crippen LogP contribution in [0.5, 0.6) is 5.75 Å². The highest BCUT2D eigenvalue weighted by atomic mass is 16.5. The molecule has 0 bridgehead atoms. The summed E-state index contributed by atoms with van der Waals surface area (Å²) in [7, 11) is 3.97. The Balaban J connectivity index is 2.03. The summed E-state index contributed by atoms with van der Waals surface area (Å²) in [5.74, 6) is -0.824. The highest BCUT2D eigenvalue weighted by molar-refractivity contribution is 6.15. The Labute approximate surface area is 170 Å². The van der Waals surface area contributed by atoms with Crippen molar-refractivity contribution in [2.24, 2.45) is 0 Å². The van der Waals surface area contributed by atoms with Gasteiger partial charge in [0.25, 0.3) is 5.91 Å². The first-order valence-corrected chi connectivity index (χ1v) is 9.78. The Hall–Kier alpha value is -3.06. The lowest BCUT2D eigenvalue weighted by atomic mass is 9.95. The minimum atomic E-state index is -0.704. The van der Waals surface area contributed by atoms with Gasteiger partial charge in [-0.15, -0.1) is 0 Å². The van der Waals surface area contributed by atoms with Gasteiger partial charge >= 0.3 is 0 Å². The van der Waals surface area contributed by atoms with Crippen molar-refractivity contribution in [2.45, 2.75) is 19.4 Å². The van der Waals surface area contributed by atoms with Gasteiger partial charge in [-0.05, 0) is 36.2 Å². The third-order valence-corrected chi connectivity index (χ3v) is 4.79. The number of benzene rings is 1. The molecule has 7 nitrogen and oxygen atoms in total. The number of carbonyl (C=O) groups is 2. The number of Topliss-reactive ketones (excluding diaryl/α,β-unsaturated/α-hetero) is 1. The fraction of sp³-hybridized carbons (Fsp3) is 0.364. The predicted molar refractivity (Wildman–Crippen MR) is 107 cm³/mol. The van der Waals surface area contributed by atoms with Crippen LogP contribution in [0.1, 0.15) is 35.5 Å². The van der Waals surface area contributed by atoms with Gasteiger partial charge in [0.05, 0.1) is 51.7 Å². The van der Waals surface area contributed by atoms with Crippen molar-refractivity contribution in [2.75, 3.05) is 33.8 Å². The summed E-state index contributed by atoms with van der Waals surface area (Å²) < 4.78 is 11.0. The summed E-state index contributed by atoms with van der Waals surface area (Å²) in [6.45, 7) is 3.65. The molecule has 0 saturated heterocycles. The monoisotopic (exact) mass is 399 g/mol. The Morgan fingerprint density at radius 3 is 2.72 bits per heavy atom. The van der Waals surface area contributed by atoms with E-state index in [4.69, 9.17) is 9.15 Å². The number of hydrogen-bond donors (Lipinski definition) is 2. The molecular formula is C22H27N2O5+. The summed E-state index contributed by atoms with van der Waals surface area (Å²) in [4.78, 5) is 28.6. The van der Waals surface area contributed by atoms with Crippen LogP contribution in [0.15, 0.2) is 58.4 Å². The third kappa shape index (κ3) is 4.35. The maximum absolute atomic E-state index is 13.1. The minimum Gasteiger partial charge on any atom is -0.503 e. The molecule has 154 valence electrons. The number of nitrogens with one attached hydrogen (secondary N) is 1. The van der Waals surface area contributed by atoms with Crippen LogP contribution in [0.3, 0.4) is 0 Å². The van der Waals surface area contributed by atoms with E-state index in [1.54, 1.807) is 6.07 Å². The second-order valence-electron chi connectivity index (χ2n) is 7.35.